The molecule has 0 saturated heterocycles. The highest BCUT2D eigenvalue weighted by Gasteiger charge is 2.40. The Balaban J connectivity index is 1.48. The molecule has 2 heterocycles. The second-order valence-electron chi connectivity index (χ2n) is 6.92. The van der Waals surface area contributed by atoms with Crippen LogP contribution >= 0.6 is 11.3 Å². The van der Waals surface area contributed by atoms with E-state index in [0.29, 0.717) is 35.7 Å². The van der Waals surface area contributed by atoms with E-state index in [0.717, 1.165) is 13.0 Å². The summed E-state index contributed by atoms with van der Waals surface area (Å²) in [5, 5.41) is 5.18. The number of ether oxygens (including phenoxy) is 2. The van der Waals surface area contributed by atoms with Crippen molar-refractivity contribution < 1.29 is 14.3 Å². The number of methoxy groups -OCH3 is 2. The highest BCUT2D eigenvalue weighted by atomic mass is 32.1. The number of hydrogen-bond acceptors (Lipinski definition) is 5. The Hall–Kier alpha value is -2.05. The number of fused-ring (bicyclic) bond motifs is 1. The summed E-state index contributed by atoms with van der Waals surface area (Å²) >= 11 is 1.85. The van der Waals surface area contributed by atoms with Gasteiger partial charge in [-0.25, -0.2) is 0 Å². The van der Waals surface area contributed by atoms with Crippen LogP contribution in [0.3, 0.4) is 0 Å². The molecular formula is C20H24N2O3S. The molecule has 0 radical (unpaired) electrons. The zero-order chi connectivity index (χ0) is 18.1. The molecule has 1 amide bonds. The Bertz CT molecular complexity index is 800. The van der Waals surface area contributed by atoms with Crippen LogP contribution in [0, 0.1) is 5.92 Å². The van der Waals surface area contributed by atoms with Gasteiger partial charge in [-0.2, -0.15) is 0 Å². The van der Waals surface area contributed by atoms with Crippen molar-refractivity contribution in [1.29, 1.82) is 0 Å². The molecule has 1 aromatic heterocycles. The fraction of sp³-hybridized carbons (Fsp3) is 0.450. The minimum atomic E-state index is -0.0131. The maximum atomic E-state index is 12.7. The summed E-state index contributed by atoms with van der Waals surface area (Å²) in [7, 11) is 3.21. The molecule has 1 saturated carbocycles. The van der Waals surface area contributed by atoms with E-state index in [1.54, 1.807) is 26.4 Å². The summed E-state index contributed by atoms with van der Waals surface area (Å²) in [5.74, 6) is 2.01. The summed E-state index contributed by atoms with van der Waals surface area (Å²) in [6.45, 7) is 1.34. The number of carbonyl (C=O) groups excluding carboxylic acids is 1. The quantitative estimate of drug-likeness (QED) is 0.840. The van der Waals surface area contributed by atoms with E-state index in [1.165, 1.54) is 23.3 Å². The van der Waals surface area contributed by atoms with Crippen LogP contribution in [0.25, 0.3) is 0 Å². The lowest BCUT2D eigenvalue weighted by Crippen LogP contribution is -2.41. The Kier molecular flexibility index (Phi) is 4.87. The molecule has 2 aromatic rings. The number of thiophene rings is 1. The van der Waals surface area contributed by atoms with Gasteiger partial charge in [0.2, 0.25) is 5.91 Å². The van der Waals surface area contributed by atoms with E-state index < -0.39 is 0 Å². The van der Waals surface area contributed by atoms with Crippen LogP contribution in [-0.2, 0) is 11.2 Å². The highest BCUT2D eigenvalue weighted by molar-refractivity contribution is 7.10. The average Bonchev–Trinajstić information content (AvgIpc) is 3.37. The maximum Gasteiger partial charge on any atom is 0.238 e. The van der Waals surface area contributed by atoms with Gasteiger partial charge < -0.3 is 14.8 Å². The van der Waals surface area contributed by atoms with Gasteiger partial charge in [-0.1, -0.05) is 0 Å². The fourth-order valence-electron chi connectivity index (χ4n) is 3.83. The van der Waals surface area contributed by atoms with Crippen LogP contribution < -0.4 is 14.8 Å². The molecule has 0 bridgehead atoms. The number of hydrogen-bond donors (Lipinski definition) is 1. The molecule has 1 aliphatic heterocycles. The lowest BCUT2D eigenvalue weighted by molar-refractivity contribution is -0.118. The van der Waals surface area contributed by atoms with Gasteiger partial charge in [-0.15, -0.1) is 11.3 Å². The molecule has 0 spiro atoms. The van der Waals surface area contributed by atoms with Crippen molar-refractivity contribution in [3.8, 4) is 11.5 Å². The van der Waals surface area contributed by atoms with Crippen molar-refractivity contribution in [2.24, 2.45) is 5.92 Å². The first-order valence-corrected chi connectivity index (χ1v) is 9.89. The molecule has 4 rings (SSSR count). The smallest absolute Gasteiger partial charge is 0.238 e. The molecule has 1 fully saturated rings. The highest BCUT2D eigenvalue weighted by Crippen LogP contribution is 2.48. The van der Waals surface area contributed by atoms with Gasteiger partial charge in [0.05, 0.1) is 26.5 Å². The fourth-order valence-corrected chi connectivity index (χ4v) is 4.74. The number of amides is 1. The molecule has 6 heteroatoms. The van der Waals surface area contributed by atoms with Crippen LogP contribution in [0.15, 0.2) is 29.6 Å². The molecule has 1 atom stereocenters. The van der Waals surface area contributed by atoms with E-state index in [4.69, 9.17) is 9.47 Å². The van der Waals surface area contributed by atoms with Crippen molar-refractivity contribution in [2.75, 3.05) is 32.6 Å². The van der Waals surface area contributed by atoms with Crippen molar-refractivity contribution >= 4 is 22.9 Å². The third-order valence-electron chi connectivity index (χ3n) is 5.21. The van der Waals surface area contributed by atoms with Crippen LogP contribution in [0.5, 0.6) is 11.5 Å². The van der Waals surface area contributed by atoms with Crippen molar-refractivity contribution in [3.63, 3.8) is 0 Å². The van der Waals surface area contributed by atoms with Crippen molar-refractivity contribution in [1.82, 2.24) is 4.90 Å². The minimum absolute atomic E-state index is 0.0131. The first kappa shape index (κ1) is 17.4. The largest absolute Gasteiger partial charge is 0.497 e. The molecule has 2 aliphatic rings. The number of anilines is 1. The molecule has 0 unspecified atom stereocenters. The summed E-state index contributed by atoms with van der Waals surface area (Å²) in [5.41, 5.74) is 2.09. The summed E-state index contributed by atoms with van der Waals surface area (Å²) in [6, 6.07) is 8.06. The van der Waals surface area contributed by atoms with E-state index >= 15 is 0 Å². The molecule has 1 N–H and O–H groups in total. The number of carbonyl (C=O) groups is 1. The summed E-state index contributed by atoms with van der Waals surface area (Å²) in [6.07, 6.45) is 3.57. The van der Waals surface area contributed by atoms with Gasteiger partial charge in [0.15, 0.2) is 0 Å². The molecule has 1 aliphatic carbocycles. The third kappa shape index (κ3) is 3.44. The van der Waals surface area contributed by atoms with Gasteiger partial charge in [-0.3, -0.25) is 9.69 Å². The lowest BCUT2D eigenvalue weighted by atomic mass is 9.96. The van der Waals surface area contributed by atoms with Gasteiger partial charge >= 0.3 is 0 Å². The van der Waals surface area contributed by atoms with Crippen molar-refractivity contribution in [3.05, 3.63) is 40.1 Å². The molecule has 138 valence electrons. The minimum Gasteiger partial charge on any atom is -0.497 e. The predicted octanol–water partition coefficient (Wildman–Crippen LogP) is 3.71. The monoisotopic (exact) mass is 372 g/mol. The number of nitrogens with zero attached hydrogens (tertiary/aromatic N) is 1. The van der Waals surface area contributed by atoms with E-state index in [9.17, 15) is 4.79 Å². The molecule has 26 heavy (non-hydrogen) atoms. The number of benzene rings is 1. The second-order valence-corrected chi connectivity index (χ2v) is 7.92. The second kappa shape index (κ2) is 7.29. The SMILES string of the molecule is COc1ccc(OC)c(NC(=O)CN2CCc3sccc3[C@H]2C2CC2)c1. The van der Waals surface area contributed by atoms with Crippen molar-refractivity contribution in [2.45, 2.75) is 25.3 Å². The third-order valence-corrected chi connectivity index (χ3v) is 6.21. The first-order chi connectivity index (χ1) is 12.7. The first-order valence-electron chi connectivity index (χ1n) is 9.02. The van der Waals surface area contributed by atoms with Crippen LogP contribution in [0.1, 0.15) is 29.3 Å². The Morgan fingerprint density at radius 3 is 2.85 bits per heavy atom. The lowest BCUT2D eigenvalue weighted by Gasteiger charge is -2.35. The molecule has 1 aromatic carbocycles. The topological polar surface area (TPSA) is 50.8 Å². The summed E-state index contributed by atoms with van der Waals surface area (Å²) in [4.78, 5) is 16.6. The van der Waals surface area contributed by atoms with Gasteiger partial charge in [0.1, 0.15) is 11.5 Å². The zero-order valence-electron chi connectivity index (χ0n) is 15.2. The van der Waals surface area contributed by atoms with Crippen LogP contribution in [0.2, 0.25) is 0 Å². The number of rotatable bonds is 6. The van der Waals surface area contributed by atoms with Crippen LogP contribution in [0.4, 0.5) is 5.69 Å². The Labute approximate surface area is 157 Å². The van der Waals surface area contributed by atoms with Gasteiger partial charge in [0, 0.05) is 23.5 Å². The number of nitrogens with one attached hydrogen (secondary N) is 1. The Morgan fingerprint density at radius 1 is 1.27 bits per heavy atom. The Morgan fingerprint density at radius 2 is 2.12 bits per heavy atom. The predicted molar refractivity (Wildman–Crippen MR) is 103 cm³/mol. The normalized spacial score (nSPS) is 19.7. The summed E-state index contributed by atoms with van der Waals surface area (Å²) < 4.78 is 10.6. The average molecular weight is 372 g/mol. The zero-order valence-corrected chi connectivity index (χ0v) is 16.0. The van der Waals surface area contributed by atoms with Crippen LogP contribution in [-0.4, -0.2) is 38.1 Å². The van der Waals surface area contributed by atoms with E-state index in [1.807, 2.05) is 17.4 Å². The molecule has 5 nitrogen and oxygen atoms in total. The van der Waals surface area contributed by atoms with E-state index in [2.05, 4.69) is 21.7 Å². The molecular weight excluding hydrogens is 348 g/mol. The van der Waals surface area contributed by atoms with Gasteiger partial charge in [-0.05, 0) is 54.3 Å². The standard InChI is InChI=1S/C20H24N2O3S/c1-24-14-5-6-17(25-2)16(11-14)21-19(23)12-22-9-7-18-15(8-10-26-18)20(22)13-3-4-13/h5-6,8,10-11,13,20H,3-4,7,9,12H2,1-2H3,(H,21,23)/t20-/m1/s1. The van der Waals surface area contributed by atoms with E-state index in [-0.39, 0.29) is 5.91 Å². The maximum absolute atomic E-state index is 12.7. The van der Waals surface area contributed by atoms with Gasteiger partial charge in [0.25, 0.3) is 0 Å².